The normalized spacial score (nSPS) is 11.9. The van der Waals surface area contributed by atoms with Crippen LogP contribution >= 0.6 is 24.0 Å². The highest BCUT2D eigenvalue weighted by Gasteiger charge is 2.13. The van der Waals surface area contributed by atoms with Crippen LogP contribution in [0.15, 0.2) is 23.1 Å². The molecule has 0 aromatic heterocycles. The average Bonchev–Trinajstić information content (AvgIpc) is 2.27. The molecule has 5 N–H and O–H groups in total. The van der Waals surface area contributed by atoms with Gasteiger partial charge >= 0.3 is 0 Å². The van der Waals surface area contributed by atoms with E-state index >= 15 is 0 Å². The van der Waals surface area contributed by atoms with Crippen molar-refractivity contribution < 1.29 is 4.79 Å². The van der Waals surface area contributed by atoms with E-state index in [0.717, 1.165) is 21.9 Å². The predicted molar refractivity (Wildman–Crippen MR) is 85.6 cm³/mol. The molecule has 0 bridgehead atoms. The van der Waals surface area contributed by atoms with Gasteiger partial charge in [-0.05, 0) is 24.8 Å². The number of hydrogen-bond donors (Lipinski definition) is 3. The van der Waals surface area contributed by atoms with E-state index in [1.54, 1.807) is 11.8 Å². The molecular weight excluding hydrogens is 278 g/mol. The van der Waals surface area contributed by atoms with Crippen molar-refractivity contribution >= 4 is 40.6 Å². The monoisotopic (exact) mass is 297 g/mol. The number of hydrogen-bond acceptors (Lipinski definition) is 4. The van der Waals surface area contributed by atoms with Crippen LogP contribution < -0.4 is 16.8 Å². The minimum atomic E-state index is -0.337. The first kappa shape index (κ1) is 15.8. The Hall–Kier alpha value is -1.27. The maximum Gasteiger partial charge on any atom is 0.219 e. The van der Waals surface area contributed by atoms with E-state index in [0.29, 0.717) is 4.99 Å². The fourth-order valence-electron chi connectivity index (χ4n) is 1.80. The highest BCUT2D eigenvalue weighted by molar-refractivity contribution is 7.99. The van der Waals surface area contributed by atoms with E-state index in [-0.39, 0.29) is 18.4 Å². The summed E-state index contributed by atoms with van der Waals surface area (Å²) in [5, 5.41) is 3.24. The highest BCUT2D eigenvalue weighted by atomic mass is 32.2. The van der Waals surface area contributed by atoms with Crippen LogP contribution in [-0.4, -0.2) is 22.7 Å². The van der Waals surface area contributed by atoms with Crippen LogP contribution in [0, 0.1) is 0 Å². The van der Waals surface area contributed by atoms with E-state index < -0.39 is 0 Å². The molecule has 1 rings (SSSR count). The summed E-state index contributed by atoms with van der Waals surface area (Å²) in [6.07, 6.45) is 0.266. The first-order chi connectivity index (χ1) is 8.95. The zero-order chi connectivity index (χ0) is 14.4. The lowest BCUT2D eigenvalue weighted by Crippen LogP contribution is -2.25. The Bertz CT molecular complexity index is 477. The van der Waals surface area contributed by atoms with Crippen LogP contribution in [-0.2, 0) is 4.79 Å². The Kier molecular flexibility index (Phi) is 6.11. The first-order valence-electron chi connectivity index (χ1n) is 6.06. The van der Waals surface area contributed by atoms with E-state index in [1.165, 1.54) is 0 Å². The molecule has 1 atom stereocenters. The number of carbonyl (C=O) groups excluding carboxylic acids is 1. The third-order valence-corrected chi connectivity index (χ3v) is 3.63. The van der Waals surface area contributed by atoms with Gasteiger partial charge in [-0.25, -0.2) is 0 Å². The molecule has 0 fully saturated rings. The second kappa shape index (κ2) is 7.35. The minimum Gasteiger partial charge on any atom is -0.389 e. The average molecular weight is 297 g/mol. The topological polar surface area (TPSA) is 81.1 Å². The van der Waals surface area contributed by atoms with Crippen LogP contribution in [0.2, 0.25) is 0 Å². The number of nitrogens with one attached hydrogen (secondary N) is 1. The van der Waals surface area contributed by atoms with Crippen molar-refractivity contribution in [3.8, 4) is 0 Å². The van der Waals surface area contributed by atoms with Gasteiger partial charge in [0, 0.05) is 28.6 Å². The lowest BCUT2D eigenvalue weighted by atomic mass is 10.1. The van der Waals surface area contributed by atoms with Crippen LogP contribution in [0.1, 0.15) is 25.8 Å². The van der Waals surface area contributed by atoms with Crippen LogP contribution in [0.25, 0.3) is 0 Å². The number of nitrogens with two attached hydrogens (primary N) is 2. The van der Waals surface area contributed by atoms with E-state index in [9.17, 15) is 4.79 Å². The Labute approximate surface area is 123 Å². The lowest BCUT2D eigenvalue weighted by Gasteiger charge is -2.18. The molecule has 1 amide bonds. The third kappa shape index (κ3) is 4.72. The quantitative estimate of drug-likeness (QED) is 0.530. The second-order valence-electron chi connectivity index (χ2n) is 4.19. The van der Waals surface area contributed by atoms with Crippen molar-refractivity contribution in [2.75, 3.05) is 11.1 Å². The lowest BCUT2D eigenvalue weighted by molar-refractivity contribution is -0.118. The second-order valence-corrected chi connectivity index (χ2v) is 5.94. The summed E-state index contributed by atoms with van der Waals surface area (Å²) in [5.41, 5.74) is 12.7. The van der Waals surface area contributed by atoms with Crippen molar-refractivity contribution in [3.63, 3.8) is 0 Å². The van der Waals surface area contributed by atoms with Gasteiger partial charge in [0.05, 0.1) is 0 Å². The Morgan fingerprint density at radius 2 is 2.16 bits per heavy atom. The number of carbonyl (C=O) groups is 1. The Morgan fingerprint density at radius 1 is 1.47 bits per heavy atom. The highest BCUT2D eigenvalue weighted by Crippen LogP contribution is 2.29. The molecule has 0 aliphatic rings. The molecular formula is C13H19N3OS2. The number of thioether (sulfide) groups is 1. The van der Waals surface area contributed by atoms with Gasteiger partial charge in [-0.1, -0.05) is 25.2 Å². The van der Waals surface area contributed by atoms with Gasteiger partial charge in [-0.3, -0.25) is 4.79 Å². The number of primary amides is 1. The summed E-state index contributed by atoms with van der Waals surface area (Å²) in [4.78, 5) is 12.3. The summed E-state index contributed by atoms with van der Waals surface area (Å²) in [7, 11) is 0. The molecule has 0 aliphatic heterocycles. The molecule has 0 saturated heterocycles. The molecule has 4 nitrogen and oxygen atoms in total. The molecule has 0 spiro atoms. The van der Waals surface area contributed by atoms with Gasteiger partial charge in [0.1, 0.15) is 4.99 Å². The van der Waals surface area contributed by atoms with E-state index in [1.807, 2.05) is 25.1 Å². The van der Waals surface area contributed by atoms with Gasteiger partial charge in [-0.15, -0.1) is 11.8 Å². The molecule has 19 heavy (non-hydrogen) atoms. The summed E-state index contributed by atoms with van der Waals surface area (Å²) in [5.74, 6) is 0.603. The van der Waals surface area contributed by atoms with Crippen molar-refractivity contribution in [1.82, 2.24) is 0 Å². The molecule has 6 heteroatoms. The van der Waals surface area contributed by atoms with Gasteiger partial charge in [0.15, 0.2) is 0 Å². The van der Waals surface area contributed by atoms with Crippen molar-refractivity contribution in [3.05, 3.63) is 23.8 Å². The fourth-order valence-corrected chi connectivity index (χ4v) is 2.93. The smallest absolute Gasteiger partial charge is 0.219 e. The third-order valence-electron chi connectivity index (χ3n) is 2.48. The molecule has 1 aromatic carbocycles. The summed E-state index contributed by atoms with van der Waals surface area (Å²) >= 11 is 6.81. The van der Waals surface area contributed by atoms with Gasteiger partial charge in [0.2, 0.25) is 5.91 Å². The standard InChI is InChI=1S/C13H19N3OS2/c1-3-19-10-6-4-5-9(12(10)13(15)18)16-8(2)7-11(14)17/h4-6,8,16H,3,7H2,1-2H3,(H2,14,17)(H2,15,18). The van der Waals surface area contributed by atoms with Crippen molar-refractivity contribution in [1.29, 1.82) is 0 Å². The number of rotatable bonds is 7. The zero-order valence-corrected chi connectivity index (χ0v) is 12.7. The molecule has 104 valence electrons. The molecule has 1 unspecified atom stereocenters. The molecule has 1 aromatic rings. The Morgan fingerprint density at radius 3 is 2.68 bits per heavy atom. The maximum atomic E-state index is 10.9. The summed E-state index contributed by atoms with van der Waals surface area (Å²) in [6.45, 7) is 3.97. The van der Waals surface area contributed by atoms with Crippen LogP contribution in [0.5, 0.6) is 0 Å². The van der Waals surface area contributed by atoms with Gasteiger partial charge in [0.25, 0.3) is 0 Å². The van der Waals surface area contributed by atoms with E-state index in [4.69, 9.17) is 23.7 Å². The summed E-state index contributed by atoms with van der Waals surface area (Å²) < 4.78 is 0. The number of benzene rings is 1. The van der Waals surface area contributed by atoms with Gasteiger partial charge in [-0.2, -0.15) is 0 Å². The SMILES string of the molecule is CCSc1cccc(NC(C)CC(N)=O)c1C(N)=S. The molecule has 0 aliphatic carbocycles. The Balaban J connectivity index is 3.02. The predicted octanol–water partition coefficient (Wildman–Crippen LogP) is 2.11. The number of amides is 1. The number of thiocarbonyl (C=S) groups is 1. The fraction of sp³-hybridized carbons (Fsp3) is 0.385. The van der Waals surface area contributed by atoms with Crippen LogP contribution in [0.3, 0.4) is 0 Å². The maximum absolute atomic E-state index is 10.9. The first-order valence-corrected chi connectivity index (χ1v) is 7.45. The molecule has 0 radical (unpaired) electrons. The van der Waals surface area contributed by atoms with Gasteiger partial charge < -0.3 is 16.8 Å². The van der Waals surface area contributed by atoms with E-state index in [2.05, 4.69) is 12.2 Å². The summed E-state index contributed by atoms with van der Waals surface area (Å²) in [6, 6.07) is 5.78. The van der Waals surface area contributed by atoms with Crippen molar-refractivity contribution in [2.45, 2.75) is 31.2 Å². The number of anilines is 1. The largest absolute Gasteiger partial charge is 0.389 e. The molecule has 0 heterocycles. The zero-order valence-electron chi connectivity index (χ0n) is 11.1. The molecule has 0 saturated carbocycles. The van der Waals surface area contributed by atoms with Crippen LogP contribution in [0.4, 0.5) is 5.69 Å². The van der Waals surface area contributed by atoms with Crippen molar-refractivity contribution in [2.24, 2.45) is 11.5 Å². The minimum absolute atomic E-state index is 0.0625.